The molecule has 1 atom stereocenters. The Morgan fingerprint density at radius 2 is 1.72 bits per heavy atom. The number of Topliss-reactive ketones (excluding diaryl/α,β-unsaturated/α-hetero) is 1. The van der Waals surface area contributed by atoms with Crippen molar-refractivity contribution in [3.8, 4) is 0 Å². The summed E-state index contributed by atoms with van der Waals surface area (Å²) >= 11 is 0. The van der Waals surface area contributed by atoms with E-state index in [1.165, 1.54) is 13.0 Å². The van der Waals surface area contributed by atoms with Crippen molar-refractivity contribution in [3.63, 3.8) is 0 Å². The Hall–Kier alpha value is -2.53. The van der Waals surface area contributed by atoms with Gasteiger partial charge in [0.15, 0.2) is 5.78 Å². The summed E-state index contributed by atoms with van der Waals surface area (Å²) in [6.07, 6.45) is 0.457. The van der Waals surface area contributed by atoms with Gasteiger partial charge in [-0.3, -0.25) is 14.5 Å². The molecule has 0 radical (unpaired) electrons. The van der Waals surface area contributed by atoms with Gasteiger partial charge in [-0.15, -0.1) is 0 Å². The van der Waals surface area contributed by atoms with Gasteiger partial charge in [0.2, 0.25) is 5.91 Å². The van der Waals surface area contributed by atoms with Gasteiger partial charge in [0.05, 0.1) is 12.6 Å². The Balaban J connectivity index is 1.90. The topological polar surface area (TPSA) is 49.4 Å². The van der Waals surface area contributed by atoms with E-state index in [0.717, 1.165) is 5.56 Å². The molecule has 0 aliphatic rings. The van der Waals surface area contributed by atoms with E-state index in [1.807, 2.05) is 30.3 Å². The lowest BCUT2D eigenvalue weighted by Crippen LogP contribution is -2.45. The first kappa shape index (κ1) is 18.8. The molecule has 0 spiro atoms. The van der Waals surface area contributed by atoms with E-state index in [9.17, 15) is 14.0 Å². The summed E-state index contributed by atoms with van der Waals surface area (Å²) in [6.45, 7) is 1.88. The van der Waals surface area contributed by atoms with E-state index in [1.54, 1.807) is 30.1 Å². The SMILES string of the molecule is CC(=O)[C@H](Cc1ccccc1)NC(=O)CN(C)Cc1ccccc1F. The lowest BCUT2D eigenvalue weighted by molar-refractivity contribution is -0.127. The van der Waals surface area contributed by atoms with Crippen LogP contribution in [0.5, 0.6) is 0 Å². The molecular weight excluding hydrogens is 319 g/mol. The van der Waals surface area contributed by atoms with Crippen LogP contribution in [0.25, 0.3) is 0 Å². The fourth-order valence-electron chi connectivity index (χ4n) is 2.60. The van der Waals surface area contributed by atoms with Gasteiger partial charge in [-0.1, -0.05) is 48.5 Å². The second kappa shape index (κ2) is 9.08. The minimum absolute atomic E-state index is 0.0889. The van der Waals surface area contributed by atoms with Crippen molar-refractivity contribution >= 4 is 11.7 Å². The molecule has 2 aromatic carbocycles. The molecule has 2 rings (SSSR count). The van der Waals surface area contributed by atoms with Crippen LogP contribution >= 0.6 is 0 Å². The zero-order valence-electron chi connectivity index (χ0n) is 14.5. The number of hydrogen-bond donors (Lipinski definition) is 1. The third-order valence-corrected chi connectivity index (χ3v) is 3.92. The van der Waals surface area contributed by atoms with Crippen LogP contribution in [0.3, 0.4) is 0 Å². The summed E-state index contributed by atoms with van der Waals surface area (Å²) in [5.41, 5.74) is 1.52. The average molecular weight is 342 g/mol. The van der Waals surface area contributed by atoms with E-state index in [4.69, 9.17) is 0 Å². The van der Waals surface area contributed by atoms with Crippen LogP contribution in [0.1, 0.15) is 18.1 Å². The van der Waals surface area contributed by atoms with Crippen molar-refractivity contribution < 1.29 is 14.0 Å². The Labute approximate surface area is 147 Å². The molecule has 2 aromatic rings. The number of nitrogens with one attached hydrogen (secondary N) is 1. The summed E-state index contributed by atoms with van der Waals surface area (Å²) in [7, 11) is 1.74. The van der Waals surface area contributed by atoms with Crippen LogP contribution in [0, 0.1) is 5.82 Å². The second-order valence-electron chi connectivity index (χ2n) is 6.18. The Morgan fingerprint density at radius 3 is 2.36 bits per heavy atom. The third kappa shape index (κ3) is 6.12. The monoisotopic (exact) mass is 342 g/mol. The van der Waals surface area contributed by atoms with Crippen LogP contribution in [0.4, 0.5) is 4.39 Å². The summed E-state index contributed by atoms with van der Waals surface area (Å²) in [5.74, 6) is -0.635. The van der Waals surface area contributed by atoms with Gasteiger partial charge in [-0.25, -0.2) is 4.39 Å². The highest BCUT2D eigenvalue weighted by Gasteiger charge is 2.18. The summed E-state index contributed by atoms with van der Waals surface area (Å²) in [4.78, 5) is 25.8. The van der Waals surface area contributed by atoms with Crippen LogP contribution in [0.2, 0.25) is 0 Å². The summed E-state index contributed by atoms with van der Waals surface area (Å²) in [5, 5.41) is 2.77. The fraction of sp³-hybridized carbons (Fsp3) is 0.300. The van der Waals surface area contributed by atoms with Crippen molar-refractivity contribution in [1.29, 1.82) is 0 Å². The first-order valence-corrected chi connectivity index (χ1v) is 8.21. The van der Waals surface area contributed by atoms with Crippen molar-refractivity contribution in [3.05, 3.63) is 71.5 Å². The first-order chi connectivity index (χ1) is 12.0. The van der Waals surface area contributed by atoms with E-state index in [-0.39, 0.29) is 24.1 Å². The molecule has 0 saturated heterocycles. The highest BCUT2D eigenvalue weighted by Crippen LogP contribution is 2.09. The smallest absolute Gasteiger partial charge is 0.234 e. The number of likely N-dealkylation sites (N-methyl/N-ethyl adjacent to an activating group) is 1. The first-order valence-electron chi connectivity index (χ1n) is 8.21. The predicted molar refractivity (Wildman–Crippen MR) is 95.5 cm³/mol. The number of nitrogens with zero attached hydrogens (tertiary/aromatic N) is 1. The fourth-order valence-corrected chi connectivity index (χ4v) is 2.60. The molecular formula is C20H23FN2O2. The zero-order valence-corrected chi connectivity index (χ0v) is 14.5. The second-order valence-corrected chi connectivity index (χ2v) is 6.18. The maximum atomic E-state index is 13.7. The van der Waals surface area contributed by atoms with Crippen molar-refractivity contribution in [2.45, 2.75) is 25.9 Å². The molecule has 0 aliphatic heterocycles. The maximum absolute atomic E-state index is 13.7. The van der Waals surface area contributed by atoms with Crippen molar-refractivity contribution in [1.82, 2.24) is 10.2 Å². The van der Waals surface area contributed by atoms with Crippen LogP contribution in [-0.2, 0) is 22.6 Å². The molecule has 0 aromatic heterocycles. The van der Waals surface area contributed by atoms with E-state index < -0.39 is 6.04 Å². The number of halogens is 1. The van der Waals surface area contributed by atoms with E-state index >= 15 is 0 Å². The van der Waals surface area contributed by atoms with Crippen molar-refractivity contribution in [2.24, 2.45) is 0 Å². The number of hydrogen-bond acceptors (Lipinski definition) is 3. The highest BCUT2D eigenvalue weighted by molar-refractivity contribution is 5.88. The summed E-state index contributed by atoms with van der Waals surface area (Å²) < 4.78 is 13.7. The van der Waals surface area contributed by atoms with Gasteiger partial charge >= 0.3 is 0 Å². The maximum Gasteiger partial charge on any atom is 0.234 e. The average Bonchev–Trinajstić information content (AvgIpc) is 2.57. The molecule has 0 fully saturated rings. The van der Waals surface area contributed by atoms with Gasteiger partial charge in [-0.2, -0.15) is 0 Å². The summed E-state index contributed by atoms with van der Waals surface area (Å²) in [6, 6.07) is 15.5. The molecule has 1 amide bonds. The standard InChI is InChI=1S/C20H23FN2O2/c1-15(24)19(12-16-8-4-3-5-9-16)22-20(25)14-23(2)13-17-10-6-7-11-18(17)21/h3-11,19H,12-14H2,1-2H3,(H,22,25)/t19-/m0/s1. The number of carbonyl (C=O) groups is 2. The van der Waals surface area contributed by atoms with Gasteiger partial charge < -0.3 is 5.32 Å². The Kier molecular flexibility index (Phi) is 6.83. The molecule has 132 valence electrons. The predicted octanol–water partition coefficient (Wildman–Crippen LogP) is 2.57. The molecule has 4 nitrogen and oxygen atoms in total. The third-order valence-electron chi connectivity index (χ3n) is 3.92. The van der Waals surface area contributed by atoms with Gasteiger partial charge in [0, 0.05) is 12.1 Å². The number of carbonyl (C=O) groups excluding carboxylic acids is 2. The number of ketones is 1. The Morgan fingerprint density at radius 1 is 1.08 bits per heavy atom. The van der Waals surface area contributed by atoms with Gasteiger partial charge in [-0.05, 0) is 32.0 Å². The molecule has 0 heterocycles. The largest absolute Gasteiger partial charge is 0.345 e. The zero-order chi connectivity index (χ0) is 18.2. The minimum atomic E-state index is -0.559. The van der Waals surface area contributed by atoms with Gasteiger partial charge in [0.1, 0.15) is 5.82 Å². The number of amides is 1. The van der Waals surface area contributed by atoms with E-state index in [0.29, 0.717) is 18.5 Å². The highest BCUT2D eigenvalue weighted by atomic mass is 19.1. The lowest BCUT2D eigenvalue weighted by Gasteiger charge is -2.20. The quantitative estimate of drug-likeness (QED) is 0.802. The molecule has 0 bridgehead atoms. The minimum Gasteiger partial charge on any atom is -0.345 e. The molecule has 1 N–H and O–H groups in total. The Bertz CT molecular complexity index is 719. The number of rotatable bonds is 8. The van der Waals surface area contributed by atoms with E-state index in [2.05, 4.69) is 5.32 Å². The molecule has 25 heavy (non-hydrogen) atoms. The van der Waals surface area contributed by atoms with Crippen LogP contribution in [0.15, 0.2) is 54.6 Å². The number of benzene rings is 2. The van der Waals surface area contributed by atoms with Crippen molar-refractivity contribution in [2.75, 3.05) is 13.6 Å². The normalized spacial score (nSPS) is 12.0. The van der Waals surface area contributed by atoms with Crippen LogP contribution < -0.4 is 5.32 Å². The van der Waals surface area contributed by atoms with Gasteiger partial charge in [0.25, 0.3) is 0 Å². The molecule has 0 saturated carbocycles. The molecule has 0 aliphatic carbocycles. The lowest BCUT2D eigenvalue weighted by atomic mass is 10.0. The molecule has 0 unspecified atom stereocenters. The van der Waals surface area contributed by atoms with Crippen LogP contribution in [-0.4, -0.2) is 36.2 Å². The molecule has 5 heteroatoms.